The zero-order valence-corrected chi connectivity index (χ0v) is 15.1. The molecule has 134 valence electrons. The summed E-state index contributed by atoms with van der Waals surface area (Å²) < 4.78 is 19.7. The van der Waals surface area contributed by atoms with Crippen molar-refractivity contribution < 1.29 is 19.1 Å². The summed E-state index contributed by atoms with van der Waals surface area (Å²) in [5.74, 6) is -1.04. The molecule has 1 aromatic rings. The van der Waals surface area contributed by atoms with Gasteiger partial charge < -0.3 is 15.7 Å². The normalized spacial score (nSPS) is 13.2. The molecule has 0 aliphatic carbocycles. The number of halogens is 1. The molecule has 0 aromatic heterocycles. The number of likely N-dealkylation sites (N-methyl/N-ethyl adjacent to an activating group) is 1. The van der Waals surface area contributed by atoms with E-state index in [0.717, 1.165) is 0 Å². The van der Waals surface area contributed by atoms with Gasteiger partial charge in [-0.2, -0.15) is 0 Å². The first-order valence-corrected chi connectivity index (χ1v) is 7.59. The van der Waals surface area contributed by atoms with Gasteiger partial charge in [0.25, 0.3) is 0 Å². The number of esters is 1. The molecule has 0 fully saturated rings. The minimum atomic E-state index is -0.927. The minimum absolute atomic E-state index is 0.164. The number of benzene rings is 1. The standard InChI is InChI=1S/C17H26FN3O3/c1-16(2,3)24-15(22)17(4,5)21(6)10-12-8-7-11(9-13(12)18)14(19)20-23/h7-9,23H,10H2,1-6H3,(H2,19,20). The van der Waals surface area contributed by atoms with Crippen molar-refractivity contribution in [3.63, 3.8) is 0 Å². The Morgan fingerprint density at radius 2 is 1.92 bits per heavy atom. The molecular weight excluding hydrogens is 313 g/mol. The summed E-state index contributed by atoms with van der Waals surface area (Å²) in [6, 6.07) is 4.30. The molecule has 0 radical (unpaired) electrons. The highest BCUT2D eigenvalue weighted by molar-refractivity contribution is 5.97. The van der Waals surface area contributed by atoms with Crippen molar-refractivity contribution in [2.24, 2.45) is 10.9 Å². The van der Waals surface area contributed by atoms with Crippen molar-refractivity contribution in [2.75, 3.05) is 7.05 Å². The topological polar surface area (TPSA) is 88.1 Å². The van der Waals surface area contributed by atoms with Crippen LogP contribution in [0.15, 0.2) is 23.4 Å². The number of carbonyl (C=O) groups excluding carboxylic acids is 1. The predicted molar refractivity (Wildman–Crippen MR) is 90.3 cm³/mol. The lowest BCUT2D eigenvalue weighted by Crippen LogP contribution is -2.50. The summed E-state index contributed by atoms with van der Waals surface area (Å²) >= 11 is 0. The summed E-state index contributed by atoms with van der Waals surface area (Å²) in [5, 5.41) is 11.5. The number of oxime groups is 1. The second-order valence-corrected chi connectivity index (χ2v) is 7.21. The lowest BCUT2D eigenvalue weighted by Gasteiger charge is -2.35. The summed E-state index contributed by atoms with van der Waals surface area (Å²) in [6.07, 6.45) is 0. The summed E-state index contributed by atoms with van der Waals surface area (Å²) in [6.45, 7) is 9.05. The lowest BCUT2D eigenvalue weighted by molar-refractivity contribution is -0.167. The molecule has 0 heterocycles. The zero-order chi connectivity index (χ0) is 18.7. The van der Waals surface area contributed by atoms with Gasteiger partial charge in [-0.15, -0.1) is 0 Å². The molecule has 0 aliphatic rings. The van der Waals surface area contributed by atoms with Crippen LogP contribution in [-0.2, 0) is 16.1 Å². The number of rotatable bonds is 5. The Morgan fingerprint density at radius 1 is 1.33 bits per heavy atom. The average Bonchev–Trinajstić information content (AvgIpc) is 2.46. The van der Waals surface area contributed by atoms with Crippen LogP contribution in [0.3, 0.4) is 0 Å². The van der Waals surface area contributed by atoms with E-state index in [9.17, 15) is 9.18 Å². The molecular formula is C17H26FN3O3. The van der Waals surface area contributed by atoms with E-state index in [1.165, 1.54) is 6.07 Å². The first kappa shape index (κ1) is 19.9. The van der Waals surface area contributed by atoms with Crippen LogP contribution in [0.1, 0.15) is 45.7 Å². The number of nitrogens with zero attached hydrogens (tertiary/aromatic N) is 2. The quantitative estimate of drug-likeness (QED) is 0.283. The van der Waals surface area contributed by atoms with Crippen LogP contribution in [0, 0.1) is 5.82 Å². The molecule has 1 rings (SSSR count). The van der Waals surface area contributed by atoms with Gasteiger partial charge in [0.15, 0.2) is 5.84 Å². The third-order valence-corrected chi connectivity index (χ3v) is 3.72. The van der Waals surface area contributed by atoms with Crippen LogP contribution in [0.2, 0.25) is 0 Å². The molecule has 3 N–H and O–H groups in total. The minimum Gasteiger partial charge on any atom is -0.459 e. The number of hydrogen-bond acceptors (Lipinski definition) is 5. The van der Waals surface area contributed by atoms with Gasteiger partial charge in [0.2, 0.25) is 0 Å². The number of hydrogen-bond donors (Lipinski definition) is 2. The van der Waals surface area contributed by atoms with Crippen LogP contribution in [0.4, 0.5) is 4.39 Å². The van der Waals surface area contributed by atoms with Crippen molar-refractivity contribution in [3.8, 4) is 0 Å². The van der Waals surface area contributed by atoms with E-state index in [1.54, 1.807) is 58.7 Å². The molecule has 0 bridgehead atoms. The molecule has 0 atom stereocenters. The maximum Gasteiger partial charge on any atom is 0.326 e. The van der Waals surface area contributed by atoms with E-state index in [0.29, 0.717) is 5.56 Å². The highest BCUT2D eigenvalue weighted by Gasteiger charge is 2.36. The molecule has 7 heteroatoms. The van der Waals surface area contributed by atoms with Crippen LogP contribution >= 0.6 is 0 Å². The first-order chi connectivity index (χ1) is 10.9. The largest absolute Gasteiger partial charge is 0.459 e. The molecule has 0 unspecified atom stereocenters. The molecule has 24 heavy (non-hydrogen) atoms. The van der Waals surface area contributed by atoms with E-state index in [1.807, 2.05) is 0 Å². The van der Waals surface area contributed by atoms with Gasteiger partial charge in [-0.25, -0.2) is 4.39 Å². The molecule has 0 spiro atoms. The van der Waals surface area contributed by atoms with Crippen LogP contribution in [0.5, 0.6) is 0 Å². The van der Waals surface area contributed by atoms with Gasteiger partial charge in [-0.3, -0.25) is 9.69 Å². The summed E-state index contributed by atoms with van der Waals surface area (Å²) in [4.78, 5) is 14.1. The Labute approximate surface area is 142 Å². The van der Waals surface area contributed by atoms with E-state index in [-0.39, 0.29) is 23.9 Å². The fourth-order valence-electron chi connectivity index (χ4n) is 1.90. The smallest absolute Gasteiger partial charge is 0.326 e. The van der Waals surface area contributed by atoms with Gasteiger partial charge in [-0.1, -0.05) is 17.3 Å². The van der Waals surface area contributed by atoms with Gasteiger partial charge in [-0.05, 0) is 47.7 Å². The fourth-order valence-corrected chi connectivity index (χ4v) is 1.90. The predicted octanol–water partition coefficient (Wildman–Crippen LogP) is 2.47. The van der Waals surface area contributed by atoms with E-state index >= 15 is 0 Å². The number of amidine groups is 1. The van der Waals surface area contributed by atoms with E-state index in [4.69, 9.17) is 15.7 Å². The Hall–Kier alpha value is -2.15. The van der Waals surface area contributed by atoms with Gasteiger partial charge >= 0.3 is 5.97 Å². The monoisotopic (exact) mass is 339 g/mol. The SMILES string of the molecule is CN(Cc1ccc(C(N)=NO)cc1F)C(C)(C)C(=O)OC(C)(C)C. The van der Waals surface area contributed by atoms with Crippen LogP contribution in [-0.4, -0.2) is 40.1 Å². The molecule has 6 nitrogen and oxygen atoms in total. The molecule has 0 saturated carbocycles. The highest BCUT2D eigenvalue weighted by atomic mass is 19.1. The second kappa shape index (κ2) is 7.17. The number of carbonyl (C=O) groups is 1. The zero-order valence-electron chi connectivity index (χ0n) is 15.1. The Balaban J connectivity index is 2.94. The summed E-state index contributed by atoms with van der Waals surface area (Å²) in [7, 11) is 1.72. The van der Waals surface area contributed by atoms with Gasteiger partial charge in [0, 0.05) is 17.7 Å². The number of ether oxygens (including phenoxy) is 1. The number of nitrogens with two attached hydrogens (primary N) is 1. The molecule has 0 amide bonds. The summed E-state index contributed by atoms with van der Waals surface area (Å²) in [5.41, 5.74) is 4.60. The van der Waals surface area contributed by atoms with Crippen LogP contribution in [0.25, 0.3) is 0 Å². The van der Waals surface area contributed by atoms with Crippen molar-refractivity contribution in [3.05, 3.63) is 35.1 Å². The Kier molecular flexibility index (Phi) is 5.94. The second-order valence-electron chi connectivity index (χ2n) is 7.21. The first-order valence-electron chi connectivity index (χ1n) is 7.59. The third kappa shape index (κ3) is 4.92. The average molecular weight is 339 g/mol. The maximum absolute atomic E-state index is 14.2. The molecule has 0 saturated heterocycles. The van der Waals surface area contributed by atoms with E-state index in [2.05, 4.69) is 5.16 Å². The van der Waals surface area contributed by atoms with Crippen molar-refractivity contribution in [1.29, 1.82) is 0 Å². The van der Waals surface area contributed by atoms with E-state index < -0.39 is 17.0 Å². The van der Waals surface area contributed by atoms with Crippen molar-refractivity contribution >= 4 is 11.8 Å². The van der Waals surface area contributed by atoms with Gasteiger partial charge in [0.05, 0.1) is 0 Å². The van der Waals surface area contributed by atoms with Gasteiger partial charge in [0.1, 0.15) is 17.0 Å². The third-order valence-electron chi connectivity index (χ3n) is 3.72. The Morgan fingerprint density at radius 3 is 2.38 bits per heavy atom. The molecule has 0 aliphatic heterocycles. The lowest BCUT2D eigenvalue weighted by atomic mass is 10.0. The highest BCUT2D eigenvalue weighted by Crippen LogP contribution is 2.22. The molecule has 1 aromatic carbocycles. The van der Waals surface area contributed by atoms with Crippen molar-refractivity contribution in [2.45, 2.75) is 52.3 Å². The van der Waals surface area contributed by atoms with Crippen LogP contribution < -0.4 is 5.73 Å². The fraction of sp³-hybridized carbons (Fsp3) is 0.529. The maximum atomic E-state index is 14.2. The van der Waals surface area contributed by atoms with Crippen molar-refractivity contribution in [1.82, 2.24) is 4.90 Å². The Bertz CT molecular complexity index is 636.